The second kappa shape index (κ2) is 4.97. The van der Waals surface area contributed by atoms with Gasteiger partial charge in [-0.15, -0.1) is 0 Å². The lowest BCUT2D eigenvalue weighted by molar-refractivity contribution is -0.136. The van der Waals surface area contributed by atoms with E-state index in [1.165, 1.54) is 22.5 Å². The molecule has 0 saturated heterocycles. The van der Waals surface area contributed by atoms with Crippen molar-refractivity contribution in [2.45, 2.75) is 23.6 Å². The first-order chi connectivity index (χ1) is 7.00. The molecule has 1 unspecified atom stereocenters. The highest BCUT2D eigenvalue weighted by molar-refractivity contribution is 7.99. The van der Waals surface area contributed by atoms with Crippen LogP contribution < -0.4 is 5.56 Å². The number of thioether (sulfide) groups is 1. The number of hydrogen-bond donors (Lipinski definition) is 1. The van der Waals surface area contributed by atoms with Crippen molar-refractivity contribution in [3.63, 3.8) is 0 Å². The second-order valence-corrected chi connectivity index (χ2v) is 4.60. The standard InChI is InChI=1S/C9H12N2O3S/c1-6(5-7(12)13)15-8-9(14)11(2)4-3-10-8/h3-4,6H,5H2,1-2H3,(H,12,13). The monoisotopic (exact) mass is 228 g/mol. The summed E-state index contributed by atoms with van der Waals surface area (Å²) in [5.41, 5.74) is -0.195. The van der Waals surface area contributed by atoms with Gasteiger partial charge in [0.25, 0.3) is 5.56 Å². The predicted molar refractivity (Wildman–Crippen MR) is 57.0 cm³/mol. The zero-order valence-corrected chi connectivity index (χ0v) is 9.32. The molecular weight excluding hydrogens is 216 g/mol. The predicted octanol–water partition coefficient (Wildman–Crippen LogP) is 0.736. The Morgan fingerprint density at radius 1 is 1.73 bits per heavy atom. The average Bonchev–Trinajstić information content (AvgIpc) is 2.11. The minimum Gasteiger partial charge on any atom is -0.481 e. The van der Waals surface area contributed by atoms with Crippen LogP contribution in [0.15, 0.2) is 22.2 Å². The molecule has 1 heterocycles. The molecule has 0 amide bonds. The number of rotatable bonds is 4. The van der Waals surface area contributed by atoms with E-state index in [2.05, 4.69) is 4.98 Å². The SMILES string of the molecule is CC(CC(=O)O)Sc1nccn(C)c1=O. The molecule has 1 aromatic rings. The average molecular weight is 228 g/mol. The molecule has 1 aromatic heterocycles. The van der Waals surface area contributed by atoms with E-state index in [0.717, 1.165) is 0 Å². The van der Waals surface area contributed by atoms with Crippen LogP contribution >= 0.6 is 11.8 Å². The molecule has 0 aliphatic carbocycles. The van der Waals surface area contributed by atoms with Crippen molar-refractivity contribution in [1.29, 1.82) is 0 Å². The van der Waals surface area contributed by atoms with E-state index < -0.39 is 5.97 Å². The molecule has 15 heavy (non-hydrogen) atoms. The zero-order chi connectivity index (χ0) is 11.4. The van der Waals surface area contributed by atoms with Crippen LogP contribution in [0.4, 0.5) is 0 Å². The van der Waals surface area contributed by atoms with Crippen LogP contribution in [0.5, 0.6) is 0 Å². The molecule has 1 rings (SSSR count). The van der Waals surface area contributed by atoms with Crippen molar-refractivity contribution in [3.05, 3.63) is 22.7 Å². The van der Waals surface area contributed by atoms with E-state index in [4.69, 9.17) is 5.11 Å². The van der Waals surface area contributed by atoms with Crippen LogP contribution in [0.1, 0.15) is 13.3 Å². The number of carboxylic acid groups (broad SMARTS) is 1. The van der Waals surface area contributed by atoms with Gasteiger partial charge in [-0.25, -0.2) is 4.98 Å². The second-order valence-electron chi connectivity index (χ2n) is 3.17. The number of nitrogens with zero attached hydrogens (tertiary/aromatic N) is 2. The van der Waals surface area contributed by atoms with E-state index in [0.29, 0.717) is 5.03 Å². The minimum atomic E-state index is -0.872. The van der Waals surface area contributed by atoms with Gasteiger partial charge in [-0.2, -0.15) is 0 Å². The summed E-state index contributed by atoms with van der Waals surface area (Å²) in [6, 6.07) is 0. The van der Waals surface area contributed by atoms with Crippen LogP contribution in [0.2, 0.25) is 0 Å². The molecule has 6 heteroatoms. The number of hydrogen-bond acceptors (Lipinski definition) is 4. The Balaban J connectivity index is 2.77. The lowest BCUT2D eigenvalue weighted by Crippen LogP contribution is -2.20. The van der Waals surface area contributed by atoms with Crippen LogP contribution in [0.25, 0.3) is 0 Å². The molecule has 1 N–H and O–H groups in total. The maximum atomic E-state index is 11.5. The highest BCUT2D eigenvalue weighted by Gasteiger charge is 2.12. The van der Waals surface area contributed by atoms with Crippen LogP contribution in [-0.2, 0) is 11.8 Å². The number of carbonyl (C=O) groups is 1. The Hall–Kier alpha value is -1.30. The quantitative estimate of drug-likeness (QED) is 0.769. The van der Waals surface area contributed by atoms with Crippen molar-refractivity contribution in [3.8, 4) is 0 Å². The molecule has 0 saturated carbocycles. The van der Waals surface area contributed by atoms with Gasteiger partial charge in [-0.3, -0.25) is 9.59 Å². The van der Waals surface area contributed by atoms with Crippen molar-refractivity contribution < 1.29 is 9.90 Å². The summed E-state index contributed by atoms with van der Waals surface area (Å²) in [7, 11) is 1.63. The van der Waals surface area contributed by atoms with Crippen molar-refractivity contribution >= 4 is 17.7 Å². The third-order valence-corrected chi connectivity index (χ3v) is 2.83. The maximum absolute atomic E-state index is 11.5. The number of aliphatic carboxylic acids is 1. The van der Waals surface area contributed by atoms with Gasteiger partial charge in [0.2, 0.25) is 0 Å². The van der Waals surface area contributed by atoms with Crippen LogP contribution in [0.3, 0.4) is 0 Å². The molecule has 82 valence electrons. The lowest BCUT2D eigenvalue weighted by atomic mass is 10.3. The molecular formula is C9H12N2O3S. The van der Waals surface area contributed by atoms with Crippen LogP contribution in [0, 0.1) is 0 Å². The Bertz CT molecular complexity index is 416. The fourth-order valence-corrected chi connectivity index (χ4v) is 2.01. The summed E-state index contributed by atoms with van der Waals surface area (Å²) in [4.78, 5) is 25.9. The summed E-state index contributed by atoms with van der Waals surface area (Å²) in [5.74, 6) is -0.872. The molecule has 0 fully saturated rings. The summed E-state index contributed by atoms with van der Waals surface area (Å²) in [5, 5.41) is 8.75. The fraction of sp³-hybridized carbons (Fsp3) is 0.444. The minimum absolute atomic E-state index is 0.0182. The molecule has 0 aromatic carbocycles. The van der Waals surface area contributed by atoms with Gasteiger partial charge in [0.1, 0.15) is 0 Å². The first-order valence-electron chi connectivity index (χ1n) is 4.40. The van der Waals surface area contributed by atoms with Gasteiger partial charge >= 0.3 is 5.97 Å². The lowest BCUT2D eigenvalue weighted by Gasteiger charge is -2.07. The Kier molecular flexibility index (Phi) is 3.90. The van der Waals surface area contributed by atoms with Gasteiger partial charge in [0.15, 0.2) is 5.03 Å². The van der Waals surface area contributed by atoms with Crippen molar-refractivity contribution in [2.75, 3.05) is 0 Å². The summed E-state index contributed by atoms with van der Waals surface area (Å²) >= 11 is 1.19. The highest BCUT2D eigenvalue weighted by Crippen LogP contribution is 2.19. The summed E-state index contributed by atoms with van der Waals surface area (Å²) in [6.45, 7) is 1.76. The molecule has 0 bridgehead atoms. The summed E-state index contributed by atoms with van der Waals surface area (Å²) in [6.07, 6.45) is 3.11. The topological polar surface area (TPSA) is 72.2 Å². The van der Waals surface area contributed by atoms with E-state index in [1.54, 1.807) is 20.2 Å². The molecule has 5 nitrogen and oxygen atoms in total. The van der Waals surface area contributed by atoms with Gasteiger partial charge in [0, 0.05) is 24.7 Å². The largest absolute Gasteiger partial charge is 0.481 e. The Labute approximate surface area is 91.1 Å². The van der Waals surface area contributed by atoms with E-state index in [1.807, 2.05) is 0 Å². The first-order valence-corrected chi connectivity index (χ1v) is 5.28. The Morgan fingerprint density at radius 3 is 3.00 bits per heavy atom. The molecule has 0 aliphatic rings. The summed E-state index contributed by atoms with van der Waals surface area (Å²) < 4.78 is 1.42. The Morgan fingerprint density at radius 2 is 2.40 bits per heavy atom. The molecule has 0 radical (unpaired) electrons. The smallest absolute Gasteiger partial charge is 0.304 e. The van der Waals surface area contributed by atoms with Gasteiger partial charge in [-0.1, -0.05) is 18.7 Å². The number of aromatic nitrogens is 2. The van der Waals surface area contributed by atoms with Gasteiger partial charge in [0.05, 0.1) is 6.42 Å². The van der Waals surface area contributed by atoms with E-state index in [-0.39, 0.29) is 17.2 Å². The van der Waals surface area contributed by atoms with Gasteiger partial charge in [-0.05, 0) is 0 Å². The highest BCUT2D eigenvalue weighted by atomic mass is 32.2. The molecule has 0 spiro atoms. The number of carboxylic acids is 1. The third kappa shape index (κ3) is 3.39. The van der Waals surface area contributed by atoms with Gasteiger partial charge < -0.3 is 9.67 Å². The fourth-order valence-electron chi connectivity index (χ4n) is 1.03. The maximum Gasteiger partial charge on any atom is 0.304 e. The molecule has 1 atom stereocenters. The third-order valence-electron chi connectivity index (χ3n) is 1.76. The van der Waals surface area contributed by atoms with Crippen LogP contribution in [-0.4, -0.2) is 25.9 Å². The molecule has 0 aliphatic heterocycles. The first kappa shape index (κ1) is 11.8. The van der Waals surface area contributed by atoms with E-state index >= 15 is 0 Å². The van der Waals surface area contributed by atoms with Crippen molar-refractivity contribution in [2.24, 2.45) is 7.05 Å². The number of aryl methyl sites for hydroxylation is 1. The zero-order valence-electron chi connectivity index (χ0n) is 8.51. The van der Waals surface area contributed by atoms with E-state index in [9.17, 15) is 9.59 Å². The van der Waals surface area contributed by atoms with Crippen molar-refractivity contribution in [1.82, 2.24) is 9.55 Å². The normalized spacial score (nSPS) is 12.4.